The molecule has 0 radical (unpaired) electrons. The minimum Gasteiger partial charge on any atom is -0.493 e. The van der Waals surface area contributed by atoms with Gasteiger partial charge in [-0.05, 0) is 15.9 Å². The van der Waals surface area contributed by atoms with Crippen LogP contribution >= 0.6 is 15.9 Å². The Hall–Kier alpha value is -0.800. The second-order valence-electron chi connectivity index (χ2n) is 2.70. The Labute approximate surface area is 98.8 Å². The lowest BCUT2D eigenvalue weighted by Gasteiger charge is -2.12. The summed E-state index contributed by atoms with van der Waals surface area (Å²) >= 11 is 2.83. The van der Waals surface area contributed by atoms with Crippen molar-refractivity contribution in [1.29, 1.82) is 0 Å². The number of alkyl halides is 2. The highest BCUT2D eigenvalue weighted by molar-refractivity contribution is 9.10. The number of nitrogens with two attached hydrogens (primary N) is 1. The molecule has 0 aliphatic rings. The van der Waals surface area contributed by atoms with E-state index in [1.807, 2.05) is 0 Å². The number of ether oxygens (including phenoxy) is 1. The first-order valence-electron chi connectivity index (χ1n) is 3.82. The minimum atomic E-state index is -4.21. The van der Waals surface area contributed by atoms with Crippen molar-refractivity contribution in [3.8, 4) is 5.75 Å². The molecule has 1 aromatic heterocycles. The highest BCUT2D eigenvalue weighted by Crippen LogP contribution is 2.37. The molecule has 0 atom stereocenters. The molecule has 0 spiro atoms. The zero-order valence-electron chi connectivity index (χ0n) is 7.95. The molecule has 1 rings (SSSR count). The van der Waals surface area contributed by atoms with Crippen molar-refractivity contribution in [2.75, 3.05) is 7.11 Å². The van der Waals surface area contributed by atoms with Gasteiger partial charge in [0.2, 0.25) is 5.03 Å². The Balaban J connectivity index is 3.62. The molecule has 1 heterocycles. The van der Waals surface area contributed by atoms with E-state index >= 15 is 0 Å². The summed E-state index contributed by atoms with van der Waals surface area (Å²) in [6.45, 7) is 0. The van der Waals surface area contributed by atoms with Crippen molar-refractivity contribution in [2.24, 2.45) is 5.14 Å². The number of hydrogen-bond acceptors (Lipinski definition) is 4. The van der Waals surface area contributed by atoms with Crippen LogP contribution < -0.4 is 9.88 Å². The molecule has 5 nitrogen and oxygen atoms in total. The van der Waals surface area contributed by atoms with Gasteiger partial charge in [-0.15, -0.1) is 0 Å². The van der Waals surface area contributed by atoms with Gasteiger partial charge in [0.1, 0.15) is 0 Å². The molecule has 0 aliphatic carbocycles. The summed E-state index contributed by atoms with van der Waals surface area (Å²) < 4.78 is 52.1. The summed E-state index contributed by atoms with van der Waals surface area (Å²) in [5, 5.41) is 4.11. The van der Waals surface area contributed by atoms with Crippen molar-refractivity contribution in [3.63, 3.8) is 0 Å². The SMILES string of the molecule is COc1c(S(N)(=O)=O)ncc(Br)c1C(F)F. The average molecular weight is 317 g/mol. The van der Waals surface area contributed by atoms with Gasteiger partial charge in [0.05, 0.1) is 12.7 Å². The third-order valence-electron chi connectivity index (χ3n) is 1.68. The number of sulfonamides is 1. The molecule has 0 amide bonds. The summed E-state index contributed by atoms with van der Waals surface area (Å²) in [6.07, 6.45) is -1.98. The van der Waals surface area contributed by atoms with E-state index in [-0.39, 0.29) is 4.47 Å². The summed E-state index contributed by atoms with van der Waals surface area (Å²) in [6, 6.07) is 0. The Morgan fingerprint density at radius 2 is 2.12 bits per heavy atom. The van der Waals surface area contributed by atoms with Crippen molar-refractivity contribution in [1.82, 2.24) is 4.98 Å². The van der Waals surface area contributed by atoms with Crippen molar-refractivity contribution in [3.05, 3.63) is 16.2 Å². The molecular weight excluding hydrogens is 310 g/mol. The summed E-state index contributed by atoms with van der Waals surface area (Å²) in [4.78, 5) is 3.45. The molecule has 0 saturated heterocycles. The lowest BCUT2D eigenvalue weighted by molar-refractivity contribution is 0.145. The first-order chi connectivity index (χ1) is 7.29. The fourth-order valence-electron chi connectivity index (χ4n) is 1.07. The van der Waals surface area contributed by atoms with E-state index in [9.17, 15) is 17.2 Å². The maximum Gasteiger partial charge on any atom is 0.268 e. The zero-order valence-corrected chi connectivity index (χ0v) is 10.3. The standard InChI is InChI=1S/C7H7BrF2N2O3S/c1-15-5-4(6(9)10)3(8)2-12-7(5)16(11,13)14/h2,6H,1H3,(H2,11,13,14). The lowest BCUT2D eigenvalue weighted by atomic mass is 10.2. The van der Waals surface area contributed by atoms with Crippen LogP contribution in [0.25, 0.3) is 0 Å². The third kappa shape index (κ3) is 2.47. The van der Waals surface area contributed by atoms with Crippen LogP contribution in [0.5, 0.6) is 5.75 Å². The molecule has 2 N–H and O–H groups in total. The van der Waals surface area contributed by atoms with E-state index in [1.54, 1.807) is 0 Å². The van der Waals surface area contributed by atoms with Gasteiger partial charge in [0, 0.05) is 10.7 Å². The number of nitrogens with zero attached hydrogens (tertiary/aromatic N) is 1. The summed E-state index contributed by atoms with van der Waals surface area (Å²) in [5.41, 5.74) is -0.596. The van der Waals surface area contributed by atoms with Crippen LogP contribution in [-0.4, -0.2) is 20.5 Å². The van der Waals surface area contributed by atoms with Crippen LogP contribution in [0.3, 0.4) is 0 Å². The number of aromatic nitrogens is 1. The summed E-state index contributed by atoms with van der Waals surface area (Å²) in [5.74, 6) is -0.549. The fourth-order valence-corrected chi connectivity index (χ4v) is 2.18. The van der Waals surface area contributed by atoms with Gasteiger partial charge in [-0.2, -0.15) is 0 Å². The molecular formula is C7H7BrF2N2O3S. The van der Waals surface area contributed by atoms with Gasteiger partial charge >= 0.3 is 0 Å². The van der Waals surface area contributed by atoms with E-state index in [0.717, 1.165) is 13.3 Å². The normalized spacial score (nSPS) is 11.9. The quantitative estimate of drug-likeness (QED) is 0.914. The highest BCUT2D eigenvalue weighted by atomic mass is 79.9. The maximum atomic E-state index is 12.7. The Morgan fingerprint density at radius 1 is 1.56 bits per heavy atom. The van der Waals surface area contributed by atoms with Gasteiger partial charge < -0.3 is 4.74 Å². The van der Waals surface area contributed by atoms with Crippen LogP contribution in [0.1, 0.15) is 12.0 Å². The average Bonchev–Trinajstić information content (AvgIpc) is 2.14. The van der Waals surface area contributed by atoms with Crippen molar-refractivity contribution < 1.29 is 21.9 Å². The predicted molar refractivity (Wildman–Crippen MR) is 54.8 cm³/mol. The topological polar surface area (TPSA) is 82.3 Å². The molecule has 90 valence electrons. The van der Waals surface area contributed by atoms with Gasteiger partial charge in [-0.1, -0.05) is 0 Å². The van der Waals surface area contributed by atoms with Gasteiger partial charge in [0.15, 0.2) is 5.75 Å². The molecule has 0 aromatic carbocycles. The van der Waals surface area contributed by atoms with Crippen molar-refractivity contribution in [2.45, 2.75) is 11.5 Å². The predicted octanol–water partition coefficient (Wildman–Crippen LogP) is 1.44. The fraction of sp³-hybridized carbons (Fsp3) is 0.286. The molecule has 1 aromatic rings. The van der Waals surface area contributed by atoms with E-state index in [2.05, 4.69) is 25.7 Å². The number of rotatable bonds is 3. The van der Waals surface area contributed by atoms with E-state index in [1.165, 1.54) is 0 Å². The Morgan fingerprint density at radius 3 is 2.50 bits per heavy atom. The maximum absolute atomic E-state index is 12.7. The van der Waals surface area contributed by atoms with Crippen LogP contribution in [0.4, 0.5) is 8.78 Å². The van der Waals surface area contributed by atoms with Crippen LogP contribution in [0.2, 0.25) is 0 Å². The minimum absolute atomic E-state index is 0.0493. The third-order valence-corrected chi connectivity index (χ3v) is 3.14. The molecule has 0 unspecified atom stereocenters. The first-order valence-corrected chi connectivity index (χ1v) is 6.16. The smallest absolute Gasteiger partial charge is 0.268 e. The zero-order chi connectivity index (χ0) is 12.5. The van der Waals surface area contributed by atoms with Gasteiger partial charge in [0.25, 0.3) is 16.4 Å². The lowest BCUT2D eigenvalue weighted by Crippen LogP contribution is -2.16. The molecule has 0 aliphatic heterocycles. The van der Waals surface area contributed by atoms with Gasteiger partial charge in [-0.25, -0.2) is 27.3 Å². The van der Waals surface area contributed by atoms with Gasteiger partial charge in [-0.3, -0.25) is 0 Å². The highest BCUT2D eigenvalue weighted by Gasteiger charge is 2.26. The largest absolute Gasteiger partial charge is 0.493 e. The number of primary sulfonamides is 1. The summed E-state index contributed by atoms with van der Waals surface area (Å²) in [7, 11) is -3.15. The molecule has 0 fully saturated rings. The number of hydrogen-bond donors (Lipinski definition) is 1. The molecule has 0 saturated carbocycles. The second-order valence-corrected chi connectivity index (χ2v) is 5.03. The number of halogens is 3. The Bertz CT molecular complexity index is 507. The van der Waals surface area contributed by atoms with E-state index in [0.29, 0.717) is 0 Å². The van der Waals surface area contributed by atoms with E-state index < -0.39 is 32.8 Å². The van der Waals surface area contributed by atoms with E-state index in [4.69, 9.17) is 5.14 Å². The number of methoxy groups -OCH3 is 1. The number of pyridine rings is 1. The van der Waals surface area contributed by atoms with Crippen molar-refractivity contribution >= 4 is 26.0 Å². The molecule has 0 bridgehead atoms. The first kappa shape index (κ1) is 13.3. The second kappa shape index (κ2) is 4.60. The monoisotopic (exact) mass is 316 g/mol. The van der Waals surface area contributed by atoms with Crippen LogP contribution in [0, 0.1) is 0 Å². The van der Waals surface area contributed by atoms with Crippen LogP contribution in [-0.2, 0) is 10.0 Å². The van der Waals surface area contributed by atoms with Crippen LogP contribution in [0.15, 0.2) is 15.7 Å². The Kier molecular flexibility index (Phi) is 3.81. The molecule has 9 heteroatoms. The molecule has 16 heavy (non-hydrogen) atoms.